The van der Waals surface area contributed by atoms with Crippen LogP contribution in [0.4, 0.5) is 0 Å². The Bertz CT molecular complexity index is 686. The Morgan fingerprint density at radius 1 is 1.05 bits per heavy atom. The predicted molar refractivity (Wildman–Crippen MR) is 70.5 cm³/mol. The highest BCUT2D eigenvalue weighted by Crippen LogP contribution is 2.27. The van der Waals surface area contributed by atoms with Crippen molar-refractivity contribution >= 4 is 11.8 Å². The van der Waals surface area contributed by atoms with Gasteiger partial charge in [-0.2, -0.15) is 0 Å². The summed E-state index contributed by atoms with van der Waals surface area (Å²) in [7, 11) is 0. The summed E-state index contributed by atoms with van der Waals surface area (Å²) in [5.74, 6) is -0.832. The van der Waals surface area contributed by atoms with Crippen LogP contribution in [0.25, 0.3) is 0 Å². The zero-order chi connectivity index (χ0) is 13.4. The third-order valence-corrected chi connectivity index (χ3v) is 3.41. The number of hydrogen-bond donors (Lipinski definition) is 1. The van der Waals surface area contributed by atoms with Crippen LogP contribution in [0.3, 0.4) is 0 Å². The fraction of sp³-hybridized carbons (Fsp3) is 0.125. The van der Waals surface area contributed by atoms with Gasteiger partial charge in [0.05, 0.1) is 6.42 Å². The first-order valence-electron chi connectivity index (χ1n) is 6.11. The SMILES string of the molecule is O=C(O)Cc1ccc2c(c1)Cc1ccccc1C2=O. The number of fused-ring (bicyclic) bond motifs is 2. The zero-order valence-electron chi connectivity index (χ0n) is 10.2. The molecule has 0 unspecified atom stereocenters. The number of ketones is 1. The van der Waals surface area contributed by atoms with Crippen LogP contribution in [0, 0.1) is 0 Å². The van der Waals surface area contributed by atoms with Gasteiger partial charge in [-0.3, -0.25) is 9.59 Å². The first-order valence-corrected chi connectivity index (χ1v) is 6.11. The fourth-order valence-electron chi connectivity index (χ4n) is 2.55. The molecule has 0 saturated heterocycles. The quantitative estimate of drug-likeness (QED) is 0.762. The van der Waals surface area contributed by atoms with Crippen molar-refractivity contribution in [2.24, 2.45) is 0 Å². The summed E-state index contributed by atoms with van der Waals surface area (Å²) in [4.78, 5) is 23.1. The van der Waals surface area contributed by atoms with Gasteiger partial charge in [-0.25, -0.2) is 0 Å². The Kier molecular flexibility index (Phi) is 2.67. The number of aliphatic carboxylic acids is 1. The second-order valence-corrected chi connectivity index (χ2v) is 4.73. The fourth-order valence-corrected chi connectivity index (χ4v) is 2.55. The van der Waals surface area contributed by atoms with Crippen molar-refractivity contribution in [1.29, 1.82) is 0 Å². The molecule has 1 N–H and O–H groups in total. The number of carbonyl (C=O) groups excluding carboxylic acids is 1. The normalized spacial score (nSPS) is 12.7. The molecule has 0 amide bonds. The second-order valence-electron chi connectivity index (χ2n) is 4.73. The molecule has 0 aliphatic heterocycles. The monoisotopic (exact) mass is 252 g/mol. The lowest BCUT2D eigenvalue weighted by Crippen LogP contribution is -2.15. The van der Waals surface area contributed by atoms with E-state index in [1.165, 1.54) is 0 Å². The third kappa shape index (κ3) is 2.03. The molecule has 0 aromatic heterocycles. The molecular weight excluding hydrogens is 240 g/mol. The van der Waals surface area contributed by atoms with E-state index < -0.39 is 5.97 Å². The van der Waals surface area contributed by atoms with Crippen LogP contribution in [0.2, 0.25) is 0 Å². The van der Waals surface area contributed by atoms with Crippen LogP contribution in [-0.4, -0.2) is 16.9 Å². The van der Waals surface area contributed by atoms with Crippen molar-refractivity contribution in [1.82, 2.24) is 0 Å². The lowest BCUT2D eigenvalue weighted by molar-refractivity contribution is -0.136. The Labute approximate surface area is 110 Å². The summed E-state index contributed by atoms with van der Waals surface area (Å²) >= 11 is 0. The van der Waals surface area contributed by atoms with Crippen LogP contribution in [0.1, 0.15) is 32.6 Å². The Hall–Kier alpha value is -2.42. The summed E-state index contributed by atoms with van der Waals surface area (Å²) in [5.41, 5.74) is 4.10. The topological polar surface area (TPSA) is 54.4 Å². The molecular formula is C16H12O3. The molecule has 3 nitrogen and oxygen atoms in total. The van der Waals surface area contributed by atoms with Crippen molar-refractivity contribution in [3.63, 3.8) is 0 Å². The number of rotatable bonds is 2. The number of carbonyl (C=O) groups is 2. The largest absolute Gasteiger partial charge is 0.481 e. The molecule has 1 aliphatic rings. The molecule has 0 radical (unpaired) electrons. The maximum atomic E-state index is 12.3. The standard InChI is InChI=1S/C16H12O3/c17-15(18)8-10-5-6-14-12(7-10)9-11-3-1-2-4-13(11)16(14)19/h1-7H,8-9H2,(H,17,18). The maximum Gasteiger partial charge on any atom is 0.307 e. The van der Waals surface area contributed by atoms with Crippen LogP contribution < -0.4 is 0 Å². The van der Waals surface area contributed by atoms with Crippen LogP contribution in [0.5, 0.6) is 0 Å². The van der Waals surface area contributed by atoms with E-state index in [0.29, 0.717) is 12.0 Å². The van der Waals surface area contributed by atoms with E-state index >= 15 is 0 Å². The first kappa shape index (κ1) is 11.7. The molecule has 1 aliphatic carbocycles. The van der Waals surface area contributed by atoms with Crippen molar-refractivity contribution in [3.05, 3.63) is 70.3 Å². The van der Waals surface area contributed by atoms with Gasteiger partial charge in [-0.15, -0.1) is 0 Å². The Morgan fingerprint density at radius 2 is 1.79 bits per heavy atom. The molecule has 0 saturated carbocycles. The molecule has 19 heavy (non-hydrogen) atoms. The van der Waals surface area contributed by atoms with E-state index in [0.717, 1.165) is 22.3 Å². The predicted octanol–water partition coefficient (Wildman–Crippen LogP) is 2.45. The number of benzene rings is 2. The number of carboxylic acids is 1. The molecule has 0 heterocycles. The van der Waals surface area contributed by atoms with Crippen molar-refractivity contribution in [2.45, 2.75) is 12.8 Å². The summed E-state index contributed by atoms with van der Waals surface area (Å²) in [6.07, 6.45) is 0.674. The highest BCUT2D eigenvalue weighted by atomic mass is 16.4. The zero-order valence-corrected chi connectivity index (χ0v) is 10.2. The lowest BCUT2D eigenvalue weighted by atomic mass is 9.84. The van der Waals surface area contributed by atoms with Crippen molar-refractivity contribution in [2.75, 3.05) is 0 Å². The van der Waals surface area contributed by atoms with Gasteiger partial charge in [0, 0.05) is 11.1 Å². The van der Waals surface area contributed by atoms with E-state index in [-0.39, 0.29) is 12.2 Å². The smallest absolute Gasteiger partial charge is 0.307 e. The van der Waals surface area contributed by atoms with Crippen molar-refractivity contribution in [3.8, 4) is 0 Å². The average molecular weight is 252 g/mol. The summed E-state index contributed by atoms with van der Waals surface area (Å²) in [5, 5.41) is 8.81. The minimum absolute atomic E-state index is 0.0108. The van der Waals surface area contributed by atoms with Gasteiger partial charge in [0.2, 0.25) is 0 Å². The van der Waals surface area contributed by atoms with Gasteiger partial charge in [0.1, 0.15) is 0 Å². The van der Waals surface area contributed by atoms with Gasteiger partial charge in [0.25, 0.3) is 0 Å². The van der Waals surface area contributed by atoms with E-state index in [1.54, 1.807) is 12.1 Å². The number of carboxylic acid groups (broad SMARTS) is 1. The molecule has 0 atom stereocenters. The van der Waals surface area contributed by atoms with Crippen LogP contribution >= 0.6 is 0 Å². The maximum absolute atomic E-state index is 12.3. The average Bonchev–Trinajstić information content (AvgIpc) is 2.38. The molecule has 2 aromatic rings. The molecule has 94 valence electrons. The van der Waals surface area contributed by atoms with E-state index in [4.69, 9.17) is 5.11 Å². The van der Waals surface area contributed by atoms with E-state index in [2.05, 4.69) is 0 Å². The van der Waals surface area contributed by atoms with Gasteiger partial charge in [0.15, 0.2) is 5.78 Å². The summed E-state index contributed by atoms with van der Waals surface area (Å²) in [6, 6.07) is 12.9. The summed E-state index contributed by atoms with van der Waals surface area (Å²) in [6.45, 7) is 0. The molecule has 0 bridgehead atoms. The van der Waals surface area contributed by atoms with Gasteiger partial charge >= 0.3 is 5.97 Å². The van der Waals surface area contributed by atoms with E-state index in [1.807, 2.05) is 30.3 Å². The minimum atomic E-state index is -0.859. The Morgan fingerprint density at radius 3 is 2.58 bits per heavy atom. The van der Waals surface area contributed by atoms with Gasteiger partial charge < -0.3 is 5.11 Å². The van der Waals surface area contributed by atoms with Crippen LogP contribution in [-0.2, 0) is 17.6 Å². The van der Waals surface area contributed by atoms with Crippen molar-refractivity contribution < 1.29 is 14.7 Å². The van der Waals surface area contributed by atoms with E-state index in [9.17, 15) is 9.59 Å². The molecule has 0 fully saturated rings. The van der Waals surface area contributed by atoms with Gasteiger partial charge in [-0.05, 0) is 23.1 Å². The molecule has 2 aromatic carbocycles. The summed E-state index contributed by atoms with van der Waals surface area (Å²) < 4.78 is 0. The molecule has 3 heteroatoms. The first-order chi connectivity index (χ1) is 9.15. The van der Waals surface area contributed by atoms with Crippen LogP contribution in [0.15, 0.2) is 42.5 Å². The van der Waals surface area contributed by atoms with Gasteiger partial charge in [-0.1, -0.05) is 42.5 Å². The highest BCUT2D eigenvalue weighted by molar-refractivity contribution is 6.12. The second kappa shape index (κ2) is 4.35. The highest BCUT2D eigenvalue weighted by Gasteiger charge is 2.22. The molecule has 0 spiro atoms. The lowest BCUT2D eigenvalue weighted by Gasteiger charge is -2.18. The Balaban J connectivity index is 2.05. The minimum Gasteiger partial charge on any atom is -0.481 e. The third-order valence-electron chi connectivity index (χ3n) is 3.41. The number of hydrogen-bond acceptors (Lipinski definition) is 2. The molecule has 3 rings (SSSR count).